The summed E-state index contributed by atoms with van der Waals surface area (Å²) in [7, 11) is 0. The van der Waals surface area contributed by atoms with Gasteiger partial charge in [-0.3, -0.25) is 10.1 Å². The van der Waals surface area contributed by atoms with E-state index in [2.05, 4.69) is 20.6 Å². The molecule has 0 atom stereocenters. The van der Waals surface area contributed by atoms with Gasteiger partial charge in [0.05, 0.1) is 10.6 Å². The smallest absolute Gasteiger partial charge is 0.353 e. The topological polar surface area (TPSA) is 93.0 Å². The molecule has 0 spiro atoms. The fourth-order valence-electron chi connectivity index (χ4n) is 1.74. The minimum atomic E-state index is -0.752. The van der Waals surface area contributed by atoms with Crippen molar-refractivity contribution in [3.05, 3.63) is 46.3 Å². The molecule has 7 nitrogen and oxygen atoms in total. The predicted molar refractivity (Wildman–Crippen MR) is 77.1 cm³/mol. The van der Waals surface area contributed by atoms with Gasteiger partial charge in [-0.15, -0.1) is 0 Å². The van der Waals surface area contributed by atoms with Gasteiger partial charge in [-0.1, -0.05) is 6.92 Å². The van der Waals surface area contributed by atoms with Crippen LogP contribution < -0.4 is 10.6 Å². The van der Waals surface area contributed by atoms with Gasteiger partial charge >= 0.3 is 5.69 Å². The van der Waals surface area contributed by atoms with E-state index in [-0.39, 0.29) is 17.3 Å². The molecule has 0 radical (unpaired) electrons. The molecule has 1 aromatic carbocycles. The van der Waals surface area contributed by atoms with Crippen molar-refractivity contribution in [3.63, 3.8) is 0 Å². The Morgan fingerprint density at radius 3 is 2.68 bits per heavy atom. The first-order valence-electron chi connectivity index (χ1n) is 6.48. The first-order chi connectivity index (χ1) is 10.5. The maximum Gasteiger partial charge on any atom is 0.353 e. The van der Waals surface area contributed by atoms with E-state index in [9.17, 15) is 18.9 Å². The third-order valence-electron chi connectivity index (χ3n) is 2.73. The number of nitrogens with one attached hydrogen (secondary N) is 2. The maximum absolute atomic E-state index is 13.6. The Labute approximate surface area is 124 Å². The number of hydrogen-bond donors (Lipinski definition) is 2. The number of nitro groups is 1. The van der Waals surface area contributed by atoms with Crippen LogP contribution in [-0.2, 0) is 0 Å². The van der Waals surface area contributed by atoms with Crippen molar-refractivity contribution >= 4 is 23.0 Å². The molecule has 0 saturated carbocycles. The summed E-state index contributed by atoms with van der Waals surface area (Å²) in [6, 6.07) is 2.75. The first-order valence-corrected chi connectivity index (χ1v) is 6.48. The van der Waals surface area contributed by atoms with E-state index in [1.807, 2.05) is 6.92 Å². The molecule has 2 aromatic rings. The van der Waals surface area contributed by atoms with Crippen LogP contribution in [0.2, 0.25) is 0 Å². The van der Waals surface area contributed by atoms with Gasteiger partial charge in [-0.2, -0.15) is 0 Å². The van der Waals surface area contributed by atoms with Crippen molar-refractivity contribution in [2.45, 2.75) is 13.3 Å². The molecule has 1 aromatic heterocycles. The predicted octanol–water partition coefficient (Wildman–Crippen LogP) is 3.23. The van der Waals surface area contributed by atoms with Crippen molar-refractivity contribution in [2.24, 2.45) is 0 Å². The maximum atomic E-state index is 13.6. The third kappa shape index (κ3) is 3.43. The molecule has 2 rings (SSSR count). The number of nitrogens with zero attached hydrogens (tertiary/aromatic N) is 3. The van der Waals surface area contributed by atoms with Crippen molar-refractivity contribution in [1.29, 1.82) is 0 Å². The minimum absolute atomic E-state index is 0.0150. The Kier molecular flexibility index (Phi) is 4.77. The average Bonchev–Trinajstić information content (AvgIpc) is 2.48. The lowest BCUT2D eigenvalue weighted by atomic mass is 10.3. The second kappa shape index (κ2) is 6.74. The van der Waals surface area contributed by atoms with Gasteiger partial charge in [-0.05, 0) is 18.6 Å². The third-order valence-corrected chi connectivity index (χ3v) is 2.73. The van der Waals surface area contributed by atoms with E-state index in [1.165, 1.54) is 0 Å². The molecule has 116 valence electrons. The molecule has 0 unspecified atom stereocenters. The van der Waals surface area contributed by atoms with E-state index >= 15 is 0 Å². The molecular weight excluding hydrogens is 296 g/mol. The van der Waals surface area contributed by atoms with Crippen molar-refractivity contribution < 1.29 is 13.7 Å². The van der Waals surface area contributed by atoms with Crippen LogP contribution >= 0.6 is 0 Å². The first kappa shape index (κ1) is 15.5. The van der Waals surface area contributed by atoms with E-state index < -0.39 is 22.2 Å². The zero-order chi connectivity index (χ0) is 16.1. The Balaban J connectivity index is 2.41. The summed E-state index contributed by atoms with van der Waals surface area (Å²) in [6.45, 7) is 2.37. The molecule has 0 aliphatic rings. The SMILES string of the molecule is CCCNc1ncnc(Nc2cc(F)ccc2F)c1[N+](=O)[O-]. The van der Waals surface area contributed by atoms with Gasteiger partial charge < -0.3 is 10.6 Å². The van der Waals surface area contributed by atoms with Crippen molar-refractivity contribution in [1.82, 2.24) is 9.97 Å². The lowest BCUT2D eigenvalue weighted by Gasteiger charge is -2.10. The zero-order valence-electron chi connectivity index (χ0n) is 11.6. The van der Waals surface area contributed by atoms with Gasteiger partial charge in [0.25, 0.3) is 0 Å². The highest BCUT2D eigenvalue weighted by molar-refractivity contribution is 5.73. The standard InChI is InChI=1S/C13H13F2N5O2/c1-2-5-16-12-11(20(21)22)13(18-7-17-12)19-10-6-8(14)3-4-9(10)15/h3-4,6-7H,2,5H2,1H3,(H2,16,17,18,19). The van der Waals surface area contributed by atoms with E-state index in [1.54, 1.807) is 0 Å². The molecule has 1 heterocycles. The number of rotatable bonds is 6. The van der Waals surface area contributed by atoms with Crippen LogP contribution in [0.4, 0.5) is 31.8 Å². The summed E-state index contributed by atoms with van der Waals surface area (Å²) >= 11 is 0. The average molecular weight is 309 g/mol. The second-order valence-corrected chi connectivity index (χ2v) is 4.35. The monoisotopic (exact) mass is 309 g/mol. The number of halogens is 2. The number of anilines is 3. The zero-order valence-corrected chi connectivity index (χ0v) is 11.6. The molecule has 9 heteroatoms. The van der Waals surface area contributed by atoms with Gasteiger partial charge in [0.2, 0.25) is 11.6 Å². The second-order valence-electron chi connectivity index (χ2n) is 4.35. The highest BCUT2D eigenvalue weighted by Crippen LogP contribution is 2.31. The van der Waals surface area contributed by atoms with Gasteiger partial charge in [0.1, 0.15) is 18.0 Å². The van der Waals surface area contributed by atoms with Crippen LogP contribution in [-0.4, -0.2) is 21.4 Å². The normalized spacial score (nSPS) is 10.3. The van der Waals surface area contributed by atoms with Crippen molar-refractivity contribution in [2.75, 3.05) is 17.2 Å². The Morgan fingerprint density at radius 1 is 1.27 bits per heavy atom. The largest absolute Gasteiger partial charge is 0.364 e. The summed E-state index contributed by atoms with van der Waals surface area (Å²) in [6.07, 6.45) is 1.84. The van der Waals surface area contributed by atoms with Crippen LogP contribution in [0.5, 0.6) is 0 Å². The fraction of sp³-hybridized carbons (Fsp3) is 0.231. The Hall–Kier alpha value is -2.84. The van der Waals surface area contributed by atoms with Crippen LogP contribution in [0, 0.1) is 21.7 Å². The summed E-state index contributed by atoms with van der Waals surface area (Å²) in [5.41, 5.74) is -0.678. The summed E-state index contributed by atoms with van der Waals surface area (Å²) in [4.78, 5) is 18.1. The van der Waals surface area contributed by atoms with Crippen LogP contribution in [0.3, 0.4) is 0 Å². The molecule has 0 aliphatic heterocycles. The highest BCUT2D eigenvalue weighted by Gasteiger charge is 2.23. The van der Waals surface area contributed by atoms with Crippen LogP contribution in [0.25, 0.3) is 0 Å². The molecule has 0 aliphatic carbocycles. The minimum Gasteiger partial charge on any atom is -0.364 e. The molecule has 0 bridgehead atoms. The molecule has 2 N–H and O–H groups in total. The van der Waals surface area contributed by atoms with Crippen LogP contribution in [0.15, 0.2) is 24.5 Å². The highest BCUT2D eigenvalue weighted by atomic mass is 19.1. The number of benzene rings is 1. The van der Waals surface area contributed by atoms with Gasteiger partial charge in [-0.25, -0.2) is 18.7 Å². The lowest BCUT2D eigenvalue weighted by Crippen LogP contribution is -2.09. The fourth-order valence-corrected chi connectivity index (χ4v) is 1.74. The van der Waals surface area contributed by atoms with Gasteiger partial charge in [0, 0.05) is 12.6 Å². The summed E-state index contributed by atoms with van der Waals surface area (Å²) < 4.78 is 26.8. The Morgan fingerprint density at radius 2 is 2.00 bits per heavy atom. The van der Waals surface area contributed by atoms with E-state index in [0.717, 1.165) is 30.9 Å². The van der Waals surface area contributed by atoms with Crippen LogP contribution in [0.1, 0.15) is 13.3 Å². The number of hydrogen-bond acceptors (Lipinski definition) is 6. The summed E-state index contributed by atoms with van der Waals surface area (Å²) in [5.74, 6) is -1.63. The molecule has 0 fully saturated rings. The molecular formula is C13H13F2N5O2. The van der Waals surface area contributed by atoms with E-state index in [0.29, 0.717) is 6.54 Å². The quantitative estimate of drug-likeness (QED) is 0.628. The molecule has 0 saturated heterocycles. The van der Waals surface area contributed by atoms with E-state index in [4.69, 9.17) is 0 Å². The molecule has 22 heavy (non-hydrogen) atoms. The van der Waals surface area contributed by atoms with Gasteiger partial charge in [0.15, 0.2) is 0 Å². The summed E-state index contributed by atoms with van der Waals surface area (Å²) in [5, 5.41) is 16.5. The lowest BCUT2D eigenvalue weighted by molar-refractivity contribution is -0.383. The van der Waals surface area contributed by atoms with Crippen molar-refractivity contribution in [3.8, 4) is 0 Å². The number of aromatic nitrogens is 2. The molecule has 0 amide bonds. The Bertz CT molecular complexity index is 696.